The molecule has 0 fully saturated rings. The Morgan fingerprint density at radius 2 is 1.76 bits per heavy atom. The minimum Gasteiger partial charge on any atom is -0.360 e. The Labute approximate surface area is 208 Å². The second kappa shape index (κ2) is 8.95. The van der Waals surface area contributed by atoms with Crippen molar-refractivity contribution < 1.29 is 22.5 Å². The zero-order valence-corrected chi connectivity index (χ0v) is 20.2. The molecule has 0 aromatic carbocycles. The van der Waals surface area contributed by atoms with Gasteiger partial charge in [0.15, 0.2) is 11.4 Å². The van der Waals surface area contributed by atoms with E-state index in [2.05, 4.69) is 25.3 Å². The van der Waals surface area contributed by atoms with Gasteiger partial charge in [-0.25, -0.2) is 9.50 Å². The number of hydrogen-bond donors (Lipinski definition) is 0. The number of pyridine rings is 1. The van der Waals surface area contributed by atoms with Crippen molar-refractivity contribution in [2.24, 2.45) is 7.05 Å². The van der Waals surface area contributed by atoms with Gasteiger partial charge in [0.05, 0.1) is 36.4 Å². The molecule has 0 N–H and O–H groups in total. The Morgan fingerprint density at radius 1 is 0.973 bits per heavy atom. The number of nitrogens with zero attached hydrogens (tertiary/aromatic N) is 7. The molecule has 5 rings (SSSR count). The molecule has 5 aromatic rings. The highest BCUT2D eigenvalue weighted by atomic mass is 19.4. The summed E-state index contributed by atoms with van der Waals surface area (Å²) in [6.45, 7) is 2.01. The van der Waals surface area contributed by atoms with Crippen LogP contribution < -0.4 is 0 Å². The van der Waals surface area contributed by atoms with E-state index in [0.717, 1.165) is 25.0 Å². The van der Waals surface area contributed by atoms with Crippen molar-refractivity contribution in [1.82, 2.24) is 34.5 Å². The summed E-state index contributed by atoms with van der Waals surface area (Å²) in [6.07, 6.45) is 4.04. The van der Waals surface area contributed by atoms with Gasteiger partial charge >= 0.3 is 6.18 Å². The maximum atomic E-state index is 13.2. The number of rotatable bonds is 7. The van der Waals surface area contributed by atoms with Crippen LogP contribution in [0.15, 0.2) is 59.8 Å². The molecule has 190 valence electrons. The van der Waals surface area contributed by atoms with Gasteiger partial charge in [-0.3, -0.25) is 14.5 Å². The highest BCUT2D eigenvalue weighted by Gasteiger charge is 2.51. The van der Waals surface area contributed by atoms with Crippen molar-refractivity contribution in [3.05, 3.63) is 72.3 Å². The van der Waals surface area contributed by atoms with Crippen molar-refractivity contribution >= 4 is 11.4 Å². The number of aryl methyl sites for hydroxylation is 1. The molecule has 9 nitrogen and oxygen atoms in total. The van der Waals surface area contributed by atoms with E-state index in [1.54, 1.807) is 46.1 Å². The van der Waals surface area contributed by atoms with Crippen LogP contribution in [-0.4, -0.2) is 46.5 Å². The molecule has 5 aromatic heterocycles. The molecule has 0 saturated heterocycles. The van der Waals surface area contributed by atoms with Crippen molar-refractivity contribution in [2.45, 2.75) is 38.3 Å². The number of alkyl halides is 3. The van der Waals surface area contributed by atoms with Crippen LogP contribution in [0.3, 0.4) is 0 Å². The highest BCUT2D eigenvalue weighted by molar-refractivity contribution is 5.82. The van der Waals surface area contributed by atoms with Crippen LogP contribution in [0.25, 0.3) is 28.2 Å². The lowest BCUT2D eigenvalue weighted by molar-refractivity contribution is -0.185. The molecule has 0 amide bonds. The number of imidazole rings is 1. The summed E-state index contributed by atoms with van der Waals surface area (Å²) < 4.78 is 47.9. The predicted molar refractivity (Wildman–Crippen MR) is 126 cm³/mol. The summed E-state index contributed by atoms with van der Waals surface area (Å²) in [6, 6.07) is 6.63. The van der Waals surface area contributed by atoms with E-state index < -0.39 is 11.6 Å². The van der Waals surface area contributed by atoms with E-state index >= 15 is 0 Å². The number of carbonyl (C=O) groups excluding carboxylic acids is 1. The fraction of sp³-hybridized carbons (Fsp3) is 0.280. The second-order valence-corrected chi connectivity index (χ2v) is 9.31. The average molecular weight is 509 g/mol. The normalized spacial score (nSPS) is 12.4. The quantitative estimate of drug-likeness (QED) is 0.321. The summed E-state index contributed by atoms with van der Waals surface area (Å²) in [5, 5.41) is 12.3. The van der Waals surface area contributed by atoms with Crippen LogP contribution in [-0.2, 0) is 30.1 Å². The molecule has 5 heterocycles. The lowest BCUT2D eigenvalue weighted by atomic mass is 9.89. The average Bonchev–Trinajstić information content (AvgIpc) is 3.58. The first-order chi connectivity index (χ1) is 17.5. The Hall–Kier alpha value is -4.35. The van der Waals surface area contributed by atoms with Crippen LogP contribution in [0, 0.1) is 0 Å². The fourth-order valence-corrected chi connectivity index (χ4v) is 3.78. The van der Waals surface area contributed by atoms with Crippen LogP contribution in [0.1, 0.15) is 30.9 Å². The Morgan fingerprint density at radius 3 is 2.43 bits per heavy atom. The summed E-state index contributed by atoms with van der Waals surface area (Å²) in [5.74, 6) is -0.554. The summed E-state index contributed by atoms with van der Waals surface area (Å²) in [5.41, 5.74) is 2.40. The van der Waals surface area contributed by atoms with Crippen LogP contribution >= 0.6 is 0 Å². The van der Waals surface area contributed by atoms with Gasteiger partial charge in [0.2, 0.25) is 0 Å². The molecule has 0 aliphatic carbocycles. The molecule has 37 heavy (non-hydrogen) atoms. The number of hydrogen-bond acceptors (Lipinski definition) is 7. The van der Waals surface area contributed by atoms with Gasteiger partial charge in [0.25, 0.3) is 0 Å². The number of halogens is 3. The minimum atomic E-state index is -4.50. The van der Waals surface area contributed by atoms with E-state index in [1.807, 2.05) is 19.3 Å². The zero-order valence-electron chi connectivity index (χ0n) is 20.2. The second-order valence-electron chi connectivity index (χ2n) is 9.31. The first kappa shape index (κ1) is 24.3. The molecule has 0 aliphatic rings. The molecule has 0 bridgehead atoms. The van der Waals surface area contributed by atoms with Gasteiger partial charge in [-0.1, -0.05) is 11.2 Å². The Balaban J connectivity index is 1.27. The maximum absolute atomic E-state index is 13.2. The molecule has 0 spiro atoms. The van der Waals surface area contributed by atoms with Crippen molar-refractivity contribution in [3.63, 3.8) is 0 Å². The third-order valence-electron chi connectivity index (χ3n) is 6.15. The minimum absolute atomic E-state index is 0.0536. The van der Waals surface area contributed by atoms with Gasteiger partial charge in [-0.05, 0) is 31.5 Å². The lowest BCUT2D eigenvalue weighted by Gasteiger charge is -2.24. The first-order valence-electron chi connectivity index (χ1n) is 11.3. The van der Waals surface area contributed by atoms with E-state index in [9.17, 15) is 18.0 Å². The zero-order chi connectivity index (χ0) is 26.4. The number of aromatic nitrogens is 7. The largest absolute Gasteiger partial charge is 0.401 e. The van der Waals surface area contributed by atoms with E-state index in [4.69, 9.17) is 4.52 Å². The maximum Gasteiger partial charge on any atom is 0.401 e. The van der Waals surface area contributed by atoms with Gasteiger partial charge in [0.1, 0.15) is 16.9 Å². The number of fused-ring (bicyclic) bond motifs is 1. The summed E-state index contributed by atoms with van der Waals surface area (Å²) >= 11 is 0. The topological polar surface area (TPSA) is 104 Å². The monoisotopic (exact) mass is 509 g/mol. The highest BCUT2D eigenvalue weighted by Crippen LogP contribution is 2.40. The van der Waals surface area contributed by atoms with Gasteiger partial charge in [-0.2, -0.15) is 23.4 Å². The van der Waals surface area contributed by atoms with Crippen molar-refractivity contribution in [1.29, 1.82) is 0 Å². The van der Waals surface area contributed by atoms with Crippen LogP contribution in [0.4, 0.5) is 13.2 Å². The third-order valence-corrected chi connectivity index (χ3v) is 6.15. The molecule has 0 aliphatic heterocycles. The molecule has 0 atom stereocenters. The third kappa shape index (κ3) is 4.74. The van der Waals surface area contributed by atoms with Gasteiger partial charge in [0, 0.05) is 43.1 Å². The number of ketones is 1. The number of Topliss-reactive ketones (excluding diaryl/α,β-unsaturated/α-hetero) is 1. The fourth-order valence-electron chi connectivity index (χ4n) is 3.78. The Bertz CT molecular complexity index is 1580. The molecule has 12 heteroatoms. The Kier molecular flexibility index (Phi) is 5.89. The molecule has 0 unspecified atom stereocenters. The SMILES string of the molecule is Cn1cc(-c2cnn3c(-c4ccc(CC(=O)Cc5cc(C(C)(C)C(F)(F)F)on5)cn4)cnc3c2)cn1. The lowest BCUT2D eigenvalue weighted by Crippen LogP contribution is -2.35. The predicted octanol–water partition coefficient (Wildman–Crippen LogP) is 4.37. The van der Waals surface area contributed by atoms with Gasteiger partial charge in [-0.15, -0.1) is 0 Å². The molecular weight excluding hydrogens is 487 g/mol. The van der Waals surface area contributed by atoms with E-state index in [1.165, 1.54) is 6.07 Å². The number of carbonyl (C=O) groups is 1. The summed E-state index contributed by atoms with van der Waals surface area (Å²) in [4.78, 5) is 21.4. The van der Waals surface area contributed by atoms with E-state index in [-0.39, 0.29) is 30.1 Å². The van der Waals surface area contributed by atoms with Crippen molar-refractivity contribution in [3.8, 4) is 22.5 Å². The van der Waals surface area contributed by atoms with E-state index in [0.29, 0.717) is 22.6 Å². The molecular formula is C25H22F3N7O2. The smallest absolute Gasteiger partial charge is 0.360 e. The molecule has 0 saturated carbocycles. The molecule has 0 radical (unpaired) electrons. The first-order valence-corrected chi connectivity index (χ1v) is 11.3. The van der Waals surface area contributed by atoms with Gasteiger partial charge < -0.3 is 4.52 Å². The summed E-state index contributed by atoms with van der Waals surface area (Å²) in [7, 11) is 1.84. The van der Waals surface area contributed by atoms with Crippen LogP contribution in [0.5, 0.6) is 0 Å². The van der Waals surface area contributed by atoms with Crippen molar-refractivity contribution in [2.75, 3.05) is 0 Å². The standard InChI is InChI=1S/C25H22F3N7O2/c1-24(2,25(26,27)28)22-9-18(33-37-22)8-19(36)6-15-4-5-20(29-10-15)21-13-30-23-7-16(11-32-35(21)23)17-12-31-34(3)14-17/h4-5,7,9-14H,6,8H2,1-3H3. The van der Waals surface area contributed by atoms with Crippen LogP contribution in [0.2, 0.25) is 0 Å².